The maximum Gasteiger partial charge on any atom is 0.253 e. The summed E-state index contributed by atoms with van der Waals surface area (Å²) in [5, 5.41) is 0.0968. The predicted molar refractivity (Wildman–Crippen MR) is 187 cm³/mol. The number of halogens is 1. The first-order valence-corrected chi connectivity index (χ1v) is 18.7. The van der Waals surface area contributed by atoms with Crippen molar-refractivity contribution in [1.29, 1.82) is 0 Å². The van der Waals surface area contributed by atoms with Crippen molar-refractivity contribution in [3.8, 4) is 0 Å². The molecule has 1 unspecified atom stereocenters. The van der Waals surface area contributed by atoms with Crippen LogP contribution < -0.4 is 4.72 Å². The number of carbonyl (C=O) groups is 1. The number of piperidine rings is 2. The van der Waals surface area contributed by atoms with Gasteiger partial charge in [-0.05, 0) is 114 Å². The molecule has 1 amide bonds. The highest BCUT2D eigenvalue weighted by atomic mass is 35.5. The molecule has 0 saturated carbocycles. The van der Waals surface area contributed by atoms with Gasteiger partial charge in [-0.3, -0.25) is 9.69 Å². The Morgan fingerprint density at radius 1 is 0.957 bits per heavy atom. The van der Waals surface area contributed by atoms with Crippen molar-refractivity contribution in [2.75, 3.05) is 26.7 Å². The summed E-state index contributed by atoms with van der Waals surface area (Å²) < 4.78 is 29.8. The topological polar surface area (TPSA) is 87.5 Å². The van der Waals surface area contributed by atoms with Crippen LogP contribution in [-0.2, 0) is 15.4 Å². The number of nitrogens with zero attached hydrogens (tertiary/aromatic N) is 4. The Kier molecular flexibility index (Phi) is 8.70. The number of para-hydroxylation sites is 2. The average Bonchev–Trinajstić information content (AvgIpc) is 3.53. The summed E-state index contributed by atoms with van der Waals surface area (Å²) in [5.74, 6) is 0.955. The van der Waals surface area contributed by atoms with Gasteiger partial charge in [0.2, 0.25) is 10.0 Å². The number of benzene rings is 3. The van der Waals surface area contributed by atoms with E-state index in [0.29, 0.717) is 36.8 Å². The molecule has 3 aromatic carbocycles. The van der Waals surface area contributed by atoms with Crippen LogP contribution in [0.1, 0.15) is 78.3 Å². The summed E-state index contributed by atoms with van der Waals surface area (Å²) in [6, 6.07) is 23.6. The van der Waals surface area contributed by atoms with E-state index in [-0.39, 0.29) is 21.2 Å². The Hall–Kier alpha value is -3.24. The van der Waals surface area contributed by atoms with Gasteiger partial charge in [0, 0.05) is 36.8 Å². The monoisotopic (exact) mass is 673 g/mol. The van der Waals surface area contributed by atoms with Crippen molar-refractivity contribution in [2.45, 2.75) is 87.2 Å². The second kappa shape index (κ2) is 12.7. The number of hydrogen-bond donors (Lipinski definition) is 1. The highest BCUT2D eigenvalue weighted by Crippen LogP contribution is 2.45. The van der Waals surface area contributed by atoms with Crippen LogP contribution in [0.25, 0.3) is 11.0 Å². The van der Waals surface area contributed by atoms with Crippen LogP contribution in [0.15, 0.2) is 71.6 Å². The lowest BCUT2D eigenvalue weighted by Gasteiger charge is -2.46. The SMILES string of the molecule is CNS(=O)(=O)c1cc(C(=O)N2CCC(CCN3[C@@H]4CC[C@H]3CC(n3c(C)nc5ccccc53)C4)(c3cccc(C)c3)CC2)ccc1Cl. The van der Waals surface area contributed by atoms with Gasteiger partial charge >= 0.3 is 0 Å². The second-order valence-corrected chi connectivity index (χ2v) is 16.1. The lowest BCUT2D eigenvalue weighted by molar-refractivity contribution is 0.0606. The quantitative estimate of drug-likeness (QED) is 0.226. The van der Waals surface area contributed by atoms with Gasteiger partial charge in [0.1, 0.15) is 10.7 Å². The summed E-state index contributed by atoms with van der Waals surface area (Å²) in [5.41, 5.74) is 5.26. The van der Waals surface area contributed by atoms with E-state index >= 15 is 0 Å². The third kappa shape index (κ3) is 6.01. The summed E-state index contributed by atoms with van der Waals surface area (Å²) in [7, 11) is -2.45. The van der Waals surface area contributed by atoms with Crippen molar-refractivity contribution in [3.63, 3.8) is 0 Å². The minimum absolute atomic E-state index is 0.0309. The third-order valence-electron chi connectivity index (χ3n) is 11.2. The Labute approximate surface area is 283 Å². The van der Waals surface area contributed by atoms with E-state index in [4.69, 9.17) is 16.6 Å². The van der Waals surface area contributed by atoms with E-state index in [1.54, 1.807) is 6.07 Å². The predicted octanol–water partition coefficient (Wildman–Crippen LogP) is 6.65. The number of rotatable bonds is 8. The standard InChI is InChI=1S/C37H44ClN5O3S/c1-25-7-6-8-28(21-25)37(15-18-41(19-16-37)36(44)27-11-14-32(38)35(22-27)47(45,46)39-3)17-20-42-29-12-13-30(42)24-31(23-29)43-26(2)40-33-9-4-5-10-34(33)43/h4-11,14,21-22,29-31,39H,12-13,15-20,23-24H2,1-3H3/t29-,30+,31?. The van der Waals surface area contributed by atoms with Crippen molar-refractivity contribution in [2.24, 2.45) is 0 Å². The third-order valence-corrected chi connectivity index (χ3v) is 13.1. The van der Waals surface area contributed by atoms with E-state index in [0.717, 1.165) is 50.0 Å². The Balaban J connectivity index is 1.08. The zero-order valence-electron chi connectivity index (χ0n) is 27.5. The number of carbonyl (C=O) groups excluding carboxylic acids is 1. The molecule has 2 bridgehead atoms. The molecule has 3 atom stereocenters. The molecule has 1 N–H and O–H groups in total. The van der Waals surface area contributed by atoms with Crippen LogP contribution in [0.3, 0.4) is 0 Å². The number of imidazole rings is 1. The van der Waals surface area contributed by atoms with E-state index in [1.807, 2.05) is 4.90 Å². The number of hydrogen-bond acceptors (Lipinski definition) is 5. The van der Waals surface area contributed by atoms with E-state index in [1.165, 1.54) is 48.7 Å². The maximum atomic E-state index is 13.7. The first kappa shape index (κ1) is 32.3. The number of nitrogens with one attached hydrogen (secondary N) is 1. The molecule has 0 aliphatic carbocycles. The molecular weight excluding hydrogens is 630 g/mol. The summed E-state index contributed by atoms with van der Waals surface area (Å²) in [4.78, 5) is 23.1. The largest absolute Gasteiger partial charge is 0.339 e. The number of aromatic nitrogens is 2. The van der Waals surface area contributed by atoms with Crippen molar-refractivity contribution in [1.82, 2.24) is 24.1 Å². The number of sulfonamides is 1. The van der Waals surface area contributed by atoms with Gasteiger partial charge in [0.15, 0.2) is 0 Å². The summed E-state index contributed by atoms with van der Waals surface area (Å²) in [6.07, 6.45) is 7.59. The van der Waals surface area contributed by atoms with Gasteiger partial charge in [-0.15, -0.1) is 0 Å². The Bertz CT molecular complexity index is 1900. The first-order chi connectivity index (χ1) is 22.6. The molecule has 8 nitrogen and oxygen atoms in total. The van der Waals surface area contributed by atoms with Crippen LogP contribution >= 0.6 is 11.6 Å². The summed E-state index contributed by atoms with van der Waals surface area (Å²) in [6.45, 7) is 6.58. The molecule has 47 heavy (non-hydrogen) atoms. The van der Waals surface area contributed by atoms with Gasteiger partial charge in [-0.1, -0.05) is 53.6 Å². The molecular formula is C37H44ClN5O3S. The van der Waals surface area contributed by atoms with Crippen LogP contribution in [0.5, 0.6) is 0 Å². The number of amides is 1. The molecule has 4 heterocycles. The molecule has 7 rings (SSSR count). The maximum absolute atomic E-state index is 13.7. The zero-order chi connectivity index (χ0) is 32.9. The Morgan fingerprint density at radius 3 is 2.38 bits per heavy atom. The molecule has 3 saturated heterocycles. The van der Waals surface area contributed by atoms with Crippen molar-refractivity contribution in [3.05, 3.63) is 94.3 Å². The molecule has 248 valence electrons. The van der Waals surface area contributed by atoms with Gasteiger partial charge in [-0.25, -0.2) is 18.1 Å². The van der Waals surface area contributed by atoms with E-state index in [9.17, 15) is 13.2 Å². The lowest BCUT2D eigenvalue weighted by Crippen LogP contribution is -2.49. The molecule has 1 aromatic heterocycles. The second-order valence-electron chi connectivity index (χ2n) is 13.8. The van der Waals surface area contributed by atoms with E-state index < -0.39 is 10.0 Å². The van der Waals surface area contributed by atoms with Gasteiger partial charge in [-0.2, -0.15) is 0 Å². The fourth-order valence-corrected chi connectivity index (χ4v) is 9.97. The van der Waals surface area contributed by atoms with Crippen molar-refractivity contribution < 1.29 is 13.2 Å². The van der Waals surface area contributed by atoms with Crippen LogP contribution in [0.2, 0.25) is 5.02 Å². The molecule has 3 aliphatic heterocycles. The smallest absolute Gasteiger partial charge is 0.253 e. The van der Waals surface area contributed by atoms with Gasteiger partial charge in [0.05, 0.1) is 16.1 Å². The van der Waals surface area contributed by atoms with Crippen LogP contribution in [0, 0.1) is 13.8 Å². The van der Waals surface area contributed by atoms with Crippen LogP contribution in [-0.4, -0.2) is 72.4 Å². The molecule has 3 aliphatic rings. The van der Waals surface area contributed by atoms with Crippen molar-refractivity contribution >= 4 is 38.6 Å². The first-order valence-electron chi connectivity index (χ1n) is 16.9. The zero-order valence-corrected chi connectivity index (χ0v) is 29.0. The minimum Gasteiger partial charge on any atom is -0.339 e. The Morgan fingerprint density at radius 2 is 1.68 bits per heavy atom. The molecule has 4 aromatic rings. The van der Waals surface area contributed by atoms with Crippen LogP contribution in [0.4, 0.5) is 0 Å². The average molecular weight is 674 g/mol. The van der Waals surface area contributed by atoms with E-state index in [2.05, 4.69) is 76.6 Å². The highest BCUT2D eigenvalue weighted by molar-refractivity contribution is 7.89. The lowest BCUT2D eigenvalue weighted by atomic mass is 9.70. The molecule has 0 radical (unpaired) electrons. The summed E-state index contributed by atoms with van der Waals surface area (Å²) >= 11 is 6.20. The minimum atomic E-state index is -3.79. The molecule has 0 spiro atoms. The number of fused-ring (bicyclic) bond motifs is 3. The van der Waals surface area contributed by atoms with Gasteiger partial charge < -0.3 is 9.47 Å². The highest BCUT2D eigenvalue weighted by Gasteiger charge is 2.44. The number of aryl methyl sites for hydroxylation is 2. The fraction of sp³-hybridized carbons (Fsp3) is 0.459. The molecule has 3 fully saturated rings. The molecule has 10 heteroatoms. The normalized spacial score (nSPS) is 23.0. The van der Waals surface area contributed by atoms with Gasteiger partial charge in [0.25, 0.3) is 5.91 Å². The fourth-order valence-electron chi connectivity index (χ4n) is 8.72. The number of likely N-dealkylation sites (tertiary alicyclic amines) is 1.